The summed E-state index contributed by atoms with van der Waals surface area (Å²) in [5.41, 5.74) is 4.47. The highest BCUT2D eigenvalue weighted by atomic mass is 31.2. The first kappa shape index (κ1) is 14.9. The molecule has 0 aromatic carbocycles. The Morgan fingerprint density at radius 2 is 2.25 bits per heavy atom. The molecule has 110 valence electrons. The summed E-state index contributed by atoms with van der Waals surface area (Å²) in [5, 5.41) is 0. The third kappa shape index (κ3) is 3.53. The summed E-state index contributed by atoms with van der Waals surface area (Å²) in [6, 6.07) is 0. The van der Waals surface area contributed by atoms with Crippen molar-refractivity contribution in [2.45, 2.75) is 12.5 Å². The average molecular weight is 303 g/mol. The number of halogens is 1. The maximum absolute atomic E-state index is 13.3. The normalized spacial score (nSPS) is 22.4. The Labute approximate surface area is 114 Å². The van der Waals surface area contributed by atoms with Crippen LogP contribution in [0.5, 0.6) is 0 Å². The number of nitrogens with two attached hydrogens (primary N) is 1. The molecular weight excluding hydrogens is 288 g/mol. The molecule has 7 nitrogen and oxygen atoms in total. The van der Waals surface area contributed by atoms with Crippen molar-refractivity contribution in [1.82, 2.24) is 9.55 Å². The Morgan fingerprint density at radius 3 is 2.90 bits per heavy atom. The number of anilines is 1. The lowest BCUT2D eigenvalue weighted by Gasteiger charge is -2.17. The Bertz CT molecular complexity index is 639. The first-order chi connectivity index (χ1) is 9.26. The van der Waals surface area contributed by atoms with Crippen molar-refractivity contribution < 1.29 is 18.4 Å². The van der Waals surface area contributed by atoms with E-state index < -0.39 is 37.0 Å². The second-order valence-corrected chi connectivity index (χ2v) is 8.22. The topological polar surface area (TPSA) is 96.4 Å². The second-order valence-electron chi connectivity index (χ2n) is 4.81. The summed E-state index contributed by atoms with van der Waals surface area (Å²) >= 11 is 0. The first-order valence-corrected chi connectivity index (χ1v) is 8.58. The Balaban J connectivity index is 2.07. The zero-order valence-corrected chi connectivity index (χ0v) is 11.9. The van der Waals surface area contributed by atoms with Crippen LogP contribution < -0.4 is 11.4 Å². The van der Waals surface area contributed by atoms with Gasteiger partial charge in [-0.25, -0.2) is 9.18 Å². The van der Waals surface area contributed by atoms with Gasteiger partial charge in [0.05, 0.1) is 6.20 Å². The van der Waals surface area contributed by atoms with Crippen molar-refractivity contribution in [2.75, 3.05) is 25.4 Å². The van der Waals surface area contributed by atoms with E-state index in [4.69, 9.17) is 15.2 Å². The van der Waals surface area contributed by atoms with E-state index in [9.17, 15) is 13.8 Å². The van der Waals surface area contributed by atoms with Crippen LogP contribution in [0.1, 0.15) is 6.23 Å². The van der Waals surface area contributed by atoms with Gasteiger partial charge in [-0.1, -0.05) is 0 Å². The fourth-order valence-corrected chi connectivity index (χ4v) is 2.07. The minimum absolute atomic E-state index is 0.0535. The van der Waals surface area contributed by atoms with Crippen LogP contribution in [0, 0.1) is 5.82 Å². The molecule has 20 heavy (non-hydrogen) atoms. The molecule has 2 N–H and O–H groups in total. The Morgan fingerprint density at radius 1 is 1.55 bits per heavy atom. The third-order valence-electron chi connectivity index (χ3n) is 2.46. The number of aromatic nitrogens is 2. The minimum atomic E-state index is -2.33. The Kier molecular flexibility index (Phi) is 4.08. The largest absolute Gasteiger partial charge is 0.381 e. The molecule has 0 radical (unpaired) electrons. The number of rotatable bonds is 4. The molecule has 0 bridgehead atoms. The van der Waals surface area contributed by atoms with E-state index in [-0.39, 0.29) is 6.35 Å². The van der Waals surface area contributed by atoms with Crippen LogP contribution in [0.4, 0.5) is 10.2 Å². The SMILES string of the molecule is CP(C)(=O)CO[C@H]1C=C[C@@H](n2cc(F)c(N)nc2=O)O1. The van der Waals surface area contributed by atoms with Crippen LogP contribution in [-0.4, -0.2) is 35.5 Å². The molecule has 2 atom stereocenters. The Hall–Kier alpha value is -1.50. The van der Waals surface area contributed by atoms with E-state index in [1.807, 2.05) is 0 Å². The van der Waals surface area contributed by atoms with Gasteiger partial charge < -0.3 is 19.8 Å². The zero-order chi connectivity index (χ0) is 14.9. The van der Waals surface area contributed by atoms with E-state index >= 15 is 0 Å². The van der Waals surface area contributed by atoms with Crippen molar-refractivity contribution in [3.8, 4) is 0 Å². The number of ether oxygens (including phenoxy) is 2. The van der Waals surface area contributed by atoms with Crippen LogP contribution in [0.25, 0.3) is 0 Å². The van der Waals surface area contributed by atoms with Gasteiger partial charge in [0.1, 0.15) is 13.5 Å². The molecule has 0 amide bonds. The molecule has 0 spiro atoms. The van der Waals surface area contributed by atoms with Gasteiger partial charge in [-0.15, -0.1) is 0 Å². The molecule has 0 saturated heterocycles. The van der Waals surface area contributed by atoms with Gasteiger partial charge in [-0.3, -0.25) is 4.57 Å². The molecule has 0 fully saturated rings. The highest BCUT2D eigenvalue weighted by Crippen LogP contribution is 2.36. The van der Waals surface area contributed by atoms with Crippen molar-refractivity contribution in [3.63, 3.8) is 0 Å². The standard InChI is InChI=1S/C11H15FN3O4P/c1-20(2,17)6-18-9-4-3-8(19-9)15-5-7(12)10(13)14-11(15)16/h3-5,8-9H,6H2,1-2H3,(H2,13,14,16)/t8-,9+/m0/s1. The molecule has 0 aliphatic carbocycles. The predicted octanol–water partition coefficient (Wildman–Crippen LogP) is 0.972. The van der Waals surface area contributed by atoms with Gasteiger partial charge >= 0.3 is 5.69 Å². The second kappa shape index (κ2) is 5.47. The summed E-state index contributed by atoms with van der Waals surface area (Å²) in [4.78, 5) is 14.9. The molecular formula is C11H15FN3O4P. The lowest BCUT2D eigenvalue weighted by atomic mass is 10.4. The molecule has 0 saturated carbocycles. The molecule has 2 heterocycles. The van der Waals surface area contributed by atoms with E-state index in [2.05, 4.69) is 4.98 Å². The van der Waals surface area contributed by atoms with Gasteiger partial charge in [0.2, 0.25) is 0 Å². The fraction of sp³-hybridized carbons (Fsp3) is 0.455. The summed E-state index contributed by atoms with van der Waals surface area (Å²) in [5.74, 6) is -1.27. The lowest BCUT2D eigenvalue weighted by molar-refractivity contribution is -0.125. The van der Waals surface area contributed by atoms with Crippen LogP contribution in [0.3, 0.4) is 0 Å². The molecule has 1 aliphatic heterocycles. The first-order valence-electron chi connectivity index (χ1n) is 5.80. The monoisotopic (exact) mass is 303 g/mol. The van der Waals surface area contributed by atoms with Crippen LogP contribution in [-0.2, 0) is 14.0 Å². The minimum Gasteiger partial charge on any atom is -0.381 e. The smallest absolute Gasteiger partial charge is 0.352 e. The molecule has 1 aromatic rings. The van der Waals surface area contributed by atoms with Crippen LogP contribution in [0.15, 0.2) is 23.1 Å². The summed E-state index contributed by atoms with van der Waals surface area (Å²) in [6.45, 7) is 3.18. The van der Waals surface area contributed by atoms with E-state index in [1.165, 1.54) is 6.08 Å². The zero-order valence-electron chi connectivity index (χ0n) is 11.0. The van der Waals surface area contributed by atoms with Gasteiger partial charge in [0.25, 0.3) is 0 Å². The quantitative estimate of drug-likeness (QED) is 0.657. The highest BCUT2D eigenvalue weighted by Gasteiger charge is 2.24. The summed E-state index contributed by atoms with van der Waals surface area (Å²) < 4.78 is 36.5. The van der Waals surface area contributed by atoms with E-state index in [0.717, 1.165) is 10.8 Å². The summed E-state index contributed by atoms with van der Waals surface area (Å²) in [6.07, 6.45) is 2.49. The lowest BCUT2D eigenvalue weighted by Crippen LogP contribution is -2.29. The summed E-state index contributed by atoms with van der Waals surface area (Å²) in [7, 11) is -2.33. The molecule has 0 unspecified atom stereocenters. The fourth-order valence-electron chi connectivity index (χ4n) is 1.56. The van der Waals surface area contributed by atoms with E-state index in [1.54, 1.807) is 19.4 Å². The highest BCUT2D eigenvalue weighted by molar-refractivity contribution is 7.62. The maximum atomic E-state index is 13.3. The third-order valence-corrected chi connectivity index (χ3v) is 3.24. The van der Waals surface area contributed by atoms with Crippen LogP contribution >= 0.6 is 7.14 Å². The number of nitrogens with zero attached hydrogens (tertiary/aromatic N) is 2. The predicted molar refractivity (Wildman–Crippen MR) is 71.3 cm³/mol. The number of hydrogen-bond acceptors (Lipinski definition) is 6. The number of hydrogen-bond donors (Lipinski definition) is 1. The number of nitrogen functional groups attached to an aromatic ring is 1. The molecule has 1 aliphatic rings. The average Bonchev–Trinajstić information content (AvgIpc) is 2.79. The van der Waals surface area contributed by atoms with Crippen molar-refractivity contribution >= 4 is 13.0 Å². The van der Waals surface area contributed by atoms with Gasteiger partial charge in [-0.2, -0.15) is 4.98 Å². The van der Waals surface area contributed by atoms with Crippen molar-refractivity contribution in [3.05, 3.63) is 34.7 Å². The van der Waals surface area contributed by atoms with Crippen molar-refractivity contribution in [1.29, 1.82) is 0 Å². The van der Waals surface area contributed by atoms with Gasteiger partial charge in [-0.05, 0) is 25.5 Å². The van der Waals surface area contributed by atoms with Gasteiger partial charge in [0.15, 0.2) is 24.2 Å². The maximum Gasteiger partial charge on any atom is 0.352 e. The van der Waals surface area contributed by atoms with Gasteiger partial charge in [0, 0.05) is 0 Å². The van der Waals surface area contributed by atoms with E-state index in [0.29, 0.717) is 0 Å². The molecule has 9 heteroatoms. The van der Waals surface area contributed by atoms with Crippen LogP contribution in [0.2, 0.25) is 0 Å². The van der Waals surface area contributed by atoms with Crippen molar-refractivity contribution in [2.24, 2.45) is 0 Å². The molecule has 1 aromatic heterocycles. The molecule has 2 rings (SSSR count).